The van der Waals surface area contributed by atoms with Crippen molar-refractivity contribution in [2.75, 3.05) is 14.2 Å². The van der Waals surface area contributed by atoms with Crippen LogP contribution >= 0.6 is 0 Å². The third kappa shape index (κ3) is 26.0. The molecule has 6 aliphatic rings. The molecule has 61 heavy (non-hydrogen) atoms. The van der Waals surface area contributed by atoms with Crippen LogP contribution in [0.1, 0.15) is 226 Å². The molecule has 0 saturated heterocycles. The first-order valence-corrected chi connectivity index (χ1v) is 26.8. The Hall–Kier alpha value is -1.64. The summed E-state index contributed by atoms with van der Waals surface area (Å²) in [6.45, 7) is 11.8. The molecule has 6 fully saturated rings. The Kier molecular flexibility index (Phi) is 30.6. The topological polar surface area (TPSA) is 18.5 Å². The minimum absolute atomic E-state index is 0.495. The molecule has 2 heteroatoms. The second-order valence-corrected chi connectivity index (χ2v) is 21.3. The summed E-state index contributed by atoms with van der Waals surface area (Å²) in [5.74, 6) is 8.01. The number of rotatable bonds is 4. The van der Waals surface area contributed by atoms with E-state index in [1.54, 1.807) is 12.8 Å². The number of ether oxygens (including phenoxy) is 2. The highest BCUT2D eigenvalue weighted by Crippen LogP contribution is 2.40. The van der Waals surface area contributed by atoms with Crippen LogP contribution in [-0.4, -0.2) is 26.4 Å². The van der Waals surface area contributed by atoms with Gasteiger partial charge in [0.2, 0.25) is 0 Å². The molecule has 2 aromatic carbocycles. The first kappa shape index (κ1) is 53.7. The molecule has 0 aromatic heterocycles. The van der Waals surface area contributed by atoms with Gasteiger partial charge in [-0.3, -0.25) is 0 Å². The third-order valence-electron chi connectivity index (χ3n) is 15.7. The van der Waals surface area contributed by atoms with Gasteiger partial charge in [0.1, 0.15) is 0 Å². The van der Waals surface area contributed by atoms with Gasteiger partial charge in [0, 0.05) is 14.2 Å². The largest absolute Gasteiger partial charge is 0.381 e. The summed E-state index contributed by atoms with van der Waals surface area (Å²) < 4.78 is 11.4. The second kappa shape index (κ2) is 34.7. The molecule has 0 radical (unpaired) electrons. The number of benzene rings is 2. The molecular formula is C59H102O2. The third-order valence-corrected chi connectivity index (χ3v) is 15.7. The van der Waals surface area contributed by atoms with Crippen LogP contribution in [0.15, 0.2) is 66.7 Å². The van der Waals surface area contributed by atoms with E-state index in [9.17, 15) is 0 Å². The normalized spacial score (nSPS) is 28.4. The Morgan fingerprint density at radius 3 is 0.902 bits per heavy atom. The summed E-state index contributed by atoms with van der Waals surface area (Å²) in [4.78, 5) is 0. The molecule has 6 saturated carbocycles. The lowest BCUT2D eigenvalue weighted by molar-refractivity contribution is 0.00317. The standard InChI is InChI=1S/C16H30O2.C16H30.2C7H14.C7H8.C6H6/c1-17-15-9-6-10-16(18-2)12-14(11-15)13-7-4-3-5-8-13;1-13-7-6-8-14(2)12-16(11-13)15-9-4-3-5-10-15;3*1-7-5-3-2-4-6-7;1-2-4-6-5-3-1/h13-16H,3-12H2,1-2H3;13-16H,3-12H2,1-2H3;2*7H,2-6H2,1H3;2-6H,1H3;1-6H. The number of aryl methyl sites for hydroxylation is 1. The van der Waals surface area contributed by atoms with Gasteiger partial charge in [0.05, 0.1) is 12.2 Å². The summed E-state index contributed by atoms with van der Waals surface area (Å²) >= 11 is 0. The maximum atomic E-state index is 5.68. The van der Waals surface area contributed by atoms with E-state index in [0.29, 0.717) is 12.2 Å². The Morgan fingerprint density at radius 2 is 0.607 bits per heavy atom. The fourth-order valence-corrected chi connectivity index (χ4v) is 11.7. The predicted molar refractivity (Wildman–Crippen MR) is 268 cm³/mol. The average molecular weight is 843 g/mol. The number of hydrogen-bond acceptors (Lipinski definition) is 2. The van der Waals surface area contributed by atoms with Gasteiger partial charge in [0.25, 0.3) is 0 Å². The molecule has 350 valence electrons. The van der Waals surface area contributed by atoms with Gasteiger partial charge in [-0.25, -0.2) is 0 Å². The lowest BCUT2D eigenvalue weighted by atomic mass is 9.71. The smallest absolute Gasteiger partial charge is 0.0574 e. The molecule has 2 aromatic rings. The summed E-state index contributed by atoms with van der Waals surface area (Å²) in [6, 6.07) is 22.3. The van der Waals surface area contributed by atoms with Crippen LogP contribution in [0.4, 0.5) is 0 Å². The van der Waals surface area contributed by atoms with Crippen molar-refractivity contribution in [1.82, 2.24) is 0 Å². The van der Waals surface area contributed by atoms with E-state index in [4.69, 9.17) is 9.47 Å². The number of methoxy groups -OCH3 is 2. The van der Waals surface area contributed by atoms with E-state index < -0.39 is 0 Å². The van der Waals surface area contributed by atoms with Crippen molar-refractivity contribution < 1.29 is 9.47 Å². The van der Waals surface area contributed by atoms with Gasteiger partial charge in [-0.2, -0.15) is 0 Å². The van der Waals surface area contributed by atoms with Crippen LogP contribution < -0.4 is 0 Å². The Labute approximate surface area is 381 Å². The van der Waals surface area contributed by atoms with E-state index in [0.717, 1.165) is 47.3 Å². The highest BCUT2D eigenvalue weighted by molar-refractivity contribution is 5.11. The van der Waals surface area contributed by atoms with Crippen LogP contribution in [0, 0.1) is 54.3 Å². The number of hydrogen-bond donors (Lipinski definition) is 0. The molecule has 0 bridgehead atoms. The molecule has 8 rings (SSSR count). The molecular weight excluding hydrogens is 741 g/mol. The Balaban J connectivity index is 0.000000208. The molecule has 0 spiro atoms. The zero-order valence-electron chi connectivity index (χ0n) is 41.7. The van der Waals surface area contributed by atoms with Crippen LogP contribution in [0.5, 0.6) is 0 Å². The van der Waals surface area contributed by atoms with Crippen LogP contribution in [0.25, 0.3) is 0 Å². The van der Waals surface area contributed by atoms with Crippen molar-refractivity contribution in [2.24, 2.45) is 47.3 Å². The zero-order valence-corrected chi connectivity index (χ0v) is 41.7. The van der Waals surface area contributed by atoms with Gasteiger partial charge in [-0.15, -0.1) is 0 Å². The maximum Gasteiger partial charge on any atom is 0.0574 e. The summed E-state index contributed by atoms with van der Waals surface area (Å²) in [6.07, 6.45) is 44.5. The SMILES string of the molecule is CC1CCCC(C)CC(C2CCCCC2)C1.CC1CCCCC1.CC1CCCCC1.COC1CCCC(OC)CC(C2CCCCC2)C1.Cc1ccccc1.c1ccccc1. The quantitative estimate of drug-likeness (QED) is 0.305. The average Bonchev–Trinajstić information content (AvgIpc) is 3.29. The first-order valence-electron chi connectivity index (χ1n) is 26.8. The van der Waals surface area contributed by atoms with Crippen molar-refractivity contribution in [3.63, 3.8) is 0 Å². The van der Waals surface area contributed by atoms with Gasteiger partial charge in [-0.05, 0) is 99.2 Å². The van der Waals surface area contributed by atoms with Crippen molar-refractivity contribution in [3.8, 4) is 0 Å². The maximum absolute atomic E-state index is 5.68. The highest BCUT2D eigenvalue weighted by Gasteiger charge is 2.31. The van der Waals surface area contributed by atoms with Crippen LogP contribution in [0.3, 0.4) is 0 Å². The lowest BCUT2D eigenvalue weighted by Gasteiger charge is -2.36. The Bertz CT molecular complexity index is 1140. The molecule has 0 amide bonds. The molecule has 4 atom stereocenters. The van der Waals surface area contributed by atoms with Crippen molar-refractivity contribution >= 4 is 0 Å². The molecule has 4 unspecified atom stereocenters. The van der Waals surface area contributed by atoms with E-state index in [2.05, 4.69) is 46.8 Å². The summed E-state index contributed by atoms with van der Waals surface area (Å²) in [5, 5.41) is 0. The van der Waals surface area contributed by atoms with Gasteiger partial charge in [-0.1, -0.05) is 248 Å². The van der Waals surface area contributed by atoms with Gasteiger partial charge in [0.15, 0.2) is 0 Å². The molecule has 2 nitrogen and oxygen atoms in total. The van der Waals surface area contributed by atoms with Crippen LogP contribution in [0.2, 0.25) is 0 Å². The second-order valence-electron chi connectivity index (χ2n) is 21.3. The lowest BCUT2D eigenvalue weighted by Crippen LogP contribution is -2.30. The summed E-state index contributed by atoms with van der Waals surface area (Å²) in [5.41, 5.74) is 1.32. The minimum atomic E-state index is 0.495. The predicted octanol–water partition coefficient (Wildman–Crippen LogP) is 18.5. The van der Waals surface area contributed by atoms with E-state index in [1.807, 2.05) is 68.8 Å². The van der Waals surface area contributed by atoms with E-state index in [-0.39, 0.29) is 0 Å². The summed E-state index contributed by atoms with van der Waals surface area (Å²) in [7, 11) is 3.77. The van der Waals surface area contributed by atoms with E-state index in [1.165, 1.54) is 185 Å². The molecule has 0 aliphatic heterocycles. The van der Waals surface area contributed by atoms with Gasteiger partial charge < -0.3 is 9.47 Å². The minimum Gasteiger partial charge on any atom is -0.381 e. The van der Waals surface area contributed by atoms with Gasteiger partial charge >= 0.3 is 0 Å². The fourth-order valence-electron chi connectivity index (χ4n) is 11.7. The fraction of sp³-hybridized carbons (Fsp3) is 0.797. The van der Waals surface area contributed by atoms with Crippen LogP contribution in [-0.2, 0) is 9.47 Å². The molecule has 0 N–H and O–H groups in total. The highest BCUT2D eigenvalue weighted by atomic mass is 16.5. The molecule has 6 aliphatic carbocycles. The molecule has 0 heterocycles. The van der Waals surface area contributed by atoms with Crippen molar-refractivity contribution in [2.45, 2.75) is 239 Å². The zero-order chi connectivity index (χ0) is 43.8. The first-order chi connectivity index (χ1) is 29.8. The van der Waals surface area contributed by atoms with Crippen molar-refractivity contribution in [1.29, 1.82) is 0 Å². The van der Waals surface area contributed by atoms with E-state index >= 15 is 0 Å². The monoisotopic (exact) mass is 843 g/mol. The Morgan fingerprint density at radius 1 is 0.311 bits per heavy atom. The van der Waals surface area contributed by atoms with Crippen molar-refractivity contribution in [3.05, 3.63) is 72.3 Å².